The molecule has 5 nitrogen and oxygen atoms in total. The van der Waals surface area contributed by atoms with Crippen molar-refractivity contribution in [1.82, 2.24) is 4.98 Å². The summed E-state index contributed by atoms with van der Waals surface area (Å²) in [7, 11) is 0. The molecule has 0 radical (unpaired) electrons. The number of aromatic nitrogens is 1. The van der Waals surface area contributed by atoms with Crippen LogP contribution in [0.25, 0.3) is 0 Å². The number of para-hydroxylation sites is 1. The first kappa shape index (κ1) is 20.3. The molecule has 2 aliphatic rings. The predicted molar refractivity (Wildman–Crippen MR) is 122 cm³/mol. The fourth-order valence-corrected chi connectivity index (χ4v) is 5.86. The number of benzene rings is 2. The lowest BCUT2D eigenvalue weighted by Gasteiger charge is -2.43. The van der Waals surface area contributed by atoms with Crippen molar-refractivity contribution in [2.45, 2.75) is 44.8 Å². The van der Waals surface area contributed by atoms with E-state index in [1.807, 2.05) is 62.1 Å². The molecular formula is C24H23ClN2O3S. The van der Waals surface area contributed by atoms with Crippen molar-refractivity contribution in [2.75, 3.05) is 11.5 Å². The average Bonchev–Trinajstić information content (AvgIpc) is 3.23. The Morgan fingerprint density at radius 2 is 2.03 bits per heavy atom. The fraction of sp³-hybridized carbons (Fsp3) is 0.333. The molecule has 3 aromatic rings. The Morgan fingerprint density at radius 3 is 2.77 bits per heavy atom. The van der Waals surface area contributed by atoms with Crippen LogP contribution in [-0.2, 0) is 16.8 Å². The van der Waals surface area contributed by atoms with Gasteiger partial charge in [0.2, 0.25) is 5.91 Å². The molecule has 0 bridgehead atoms. The lowest BCUT2D eigenvalue weighted by molar-refractivity contribution is -0.124. The Bertz CT molecular complexity index is 1180. The molecule has 0 fully saturated rings. The van der Waals surface area contributed by atoms with Crippen LogP contribution in [0, 0.1) is 0 Å². The summed E-state index contributed by atoms with van der Waals surface area (Å²) in [6, 6.07) is 13.9. The number of amides is 1. The molecule has 31 heavy (non-hydrogen) atoms. The number of carbonyl (C=O) groups is 1. The first-order chi connectivity index (χ1) is 14.8. The lowest BCUT2D eigenvalue weighted by Crippen LogP contribution is -2.50. The van der Waals surface area contributed by atoms with Gasteiger partial charge in [0.05, 0.1) is 13.2 Å². The van der Waals surface area contributed by atoms with Crippen LogP contribution in [0.4, 0.5) is 5.69 Å². The second-order valence-corrected chi connectivity index (χ2v) is 10.2. The molecule has 1 atom stereocenters. The van der Waals surface area contributed by atoms with Crippen LogP contribution in [0.15, 0.2) is 48.7 Å². The van der Waals surface area contributed by atoms with Crippen LogP contribution in [-0.4, -0.2) is 23.1 Å². The number of hydrogen-bond donors (Lipinski definition) is 0. The summed E-state index contributed by atoms with van der Waals surface area (Å²) >= 11 is 7.44. The third-order valence-electron chi connectivity index (χ3n) is 5.91. The largest absolute Gasteiger partial charge is 0.494 e. The van der Waals surface area contributed by atoms with E-state index in [2.05, 4.69) is 11.1 Å². The van der Waals surface area contributed by atoms with Gasteiger partial charge in [-0.15, -0.1) is 11.3 Å². The van der Waals surface area contributed by atoms with Crippen molar-refractivity contribution < 1.29 is 14.3 Å². The molecule has 5 rings (SSSR count). The van der Waals surface area contributed by atoms with Crippen LogP contribution in [0.2, 0.25) is 4.47 Å². The monoisotopic (exact) mass is 454 g/mol. The Morgan fingerprint density at radius 1 is 1.23 bits per heavy atom. The minimum absolute atomic E-state index is 0.0556. The van der Waals surface area contributed by atoms with E-state index < -0.39 is 11.0 Å². The smallest absolute Gasteiger partial charge is 0.242 e. The SMILES string of the molecule is CCOc1ccc2c(c1)OC(C)(C)CC21C(=O)N(Cc2cnc(Cl)s2)c2ccccc21. The van der Waals surface area contributed by atoms with E-state index in [1.54, 1.807) is 6.20 Å². The van der Waals surface area contributed by atoms with Crippen molar-refractivity contribution >= 4 is 34.5 Å². The van der Waals surface area contributed by atoms with Crippen LogP contribution >= 0.6 is 22.9 Å². The van der Waals surface area contributed by atoms with E-state index in [1.165, 1.54) is 11.3 Å². The maximum absolute atomic E-state index is 14.2. The molecule has 7 heteroatoms. The summed E-state index contributed by atoms with van der Waals surface area (Å²) in [6.45, 7) is 7.03. The van der Waals surface area contributed by atoms with Gasteiger partial charge >= 0.3 is 0 Å². The number of carbonyl (C=O) groups excluding carboxylic acids is 1. The fourth-order valence-electron chi connectivity index (χ4n) is 4.89. The number of thiazole rings is 1. The van der Waals surface area contributed by atoms with E-state index in [0.717, 1.165) is 27.4 Å². The normalized spacial score (nSPS) is 21.0. The van der Waals surface area contributed by atoms with Crippen molar-refractivity contribution in [2.24, 2.45) is 0 Å². The van der Waals surface area contributed by atoms with Gasteiger partial charge in [-0.05, 0) is 38.5 Å². The van der Waals surface area contributed by atoms with Crippen molar-refractivity contribution in [1.29, 1.82) is 0 Å². The van der Waals surface area contributed by atoms with Gasteiger partial charge in [-0.2, -0.15) is 0 Å². The second kappa shape index (κ2) is 7.24. The summed E-state index contributed by atoms with van der Waals surface area (Å²) in [5, 5.41) is 0. The summed E-state index contributed by atoms with van der Waals surface area (Å²) in [5.41, 5.74) is 1.49. The molecule has 0 N–H and O–H groups in total. The highest BCUT2D eigenvalue weighted by Gasteiger charge is 2.58. The summed E-state index contributed by atoms with van der Waals surface area (Å²) in [5.74, 6) is 1.50. The molecule has 160 valence electrons. The van der Waals surface area contributed by atoms with E-state index in [0.29, 0.717) is 29.8 Å². The molecule has 2 aliphatic heterocycles. The van der Waals surface area contributed by atoms with E-state index in [4.69, 9.17) is 21.1 Å². The van der Waals surface area contributed by atoms with E-state index >= 15 is 0 Å². The number of ether oxygens (including phenoxy) is 2. The van der Waals surface area contributed by atoms with Gasteiger partial charge < -0.3 is 14.4 Å². The Balaban J connectivity index is 1.69. The summed E-state index contributed by atoms with van der Waals surface area (Å²) in [4.78, 5) is 21.2. The van der Waals surface area contributed by atoms with Gasteiger partial charge in [-0.25, -0.2) is 4.98 Å². The molecule has 0 aliphatic carbocycles. The molecule has 3 heterocycles. The van der Waals surface area contributed by atoms with Gasteiger partial charge in [-0.1, -0.05) is 35.9 Å². The summed E-state index contributed by atoms with van der Waals surface area (Å²) < 4.78 is 12.5. The minimum atomic E-state index is -0.813. The molecule has 0 saturated carbocycles. The summed E-state index contributed by atoms with van der Waals surface area (Å²) in [6.07, 6.45) is 2.29. The number of hydrogen-bond acceptors (Lipinski definition) is 5. The maximum atomic E-state index is 14.2. The number of nitrogens with zero attached hydrogens (tertiary/aromatic N) is 2. The Labute approximate surface area is 190 Å². The predicted octanol–water partition coefficient (Wildman–Crippen LogP) is 5.59. The highest BCUT2D eigenvalue weighted by atomic mass is 35.5. The quantitative estimate of drug-likeness (QED) is 0.515. The van der Waals surface area contributed by atoms with Crippen molar-refractivity contribution in [3.05, 3.63) is 69.1 Å². The number of halogens is 1. The molecule has 1 amide bonds. The first-order valence-electron chi connectivity index (χ1n) is 10.3. The average molecular weight is 455 g/mol. The number of fused-ring (bicyclic) bond motifs is 4. The van der Waals surface area contributed by atoms with E-state index in [-0.39, 0.29) is 5.91 Å². The van der Waals surface area contributed by atoms with Gasteiger partial charge in [0.1, 0.15) is 22.5 Å². The number of rotatable bonds is 4. The molecule has 1 unspecified atom stereocenters. The lowest BCUT2D eigenvalue weighted by atomic mass is 9.67. The first-order valence-corrected chi connectivity index (χ1v) is 11.5. The highest BCUT2D eigenvalue weighted by molar-refractivity contribution is 7.15. The molecule has 2 aromatic carbocycles. The zero-order chi connectivity index (χ0) is 21.8. The zero-order valence-corrected chi connectivity index (χ0v) is 19.2. The standard InChI is InChI=1S/C24H23ClN2O3S/c1-4-29-15-9-10-18-20(11-15)30-23(2,3)14-24(18)17-7-5-6-8-19(17)27(21(24)28)13-16-12-26-22(25)31-16/h5-12H,4,13-14H2,1-3H3. The van der Waals surface area contributed by atoms with Gasteiger partial charge in [0, 0.05) is 34.8 Å². The maximum Gasteiger partial charge on any atom is 0.242 e. The van der Waals surface area contributed by atoms with Gasteiger partial charge in [0.15, 0.2) is 4.47 Å². The topological polar surface area (TPSA) is 51.7 Å². The van der Waals surface area contributed by atoms with Crippen LogP contribution < -0.4 is 14.4 Å². The minimum Gasteiger partial charge on any atom is -0.494 e. The molecule has 0 saturated heterocycles. The van der Waals surface area contributed by atoms with Crippen LogP contribution in [0.1, 0.15) is 43.2 Å². The van der Waals surface area contributed by atoms with Crippen molar-refractivity contribution in [3.8, 4) is 11.5 Å². The highest BCUT2D eigenvalue weighted by Crippen LogP contribution is 2.56. The van der Waals surface area contributed by atoms with E-state index in [9.17, 15) is 4.79 Å². The third-order valence-corrected chi connectivity index (χ3v) is 7.00. The second-order valence-electron chi connectivity index (χ2n) is 8.52. The molecule has 1 spiro atoms. The number of anilines is 1. The van der Waals surface area contributed by atoms with Crippen LogP contribution in [0.5, 0.6) is 11.5 Å². The zero-order valence-electron chi connectivity index (χ0n) is 17.6. The van der Waals surface area contributed by atoms with Gasteiger partial charge in [-0.3, -0.25) is 4.79 Å². The Hall–Kier alpha value is -2.57. The third kappa shape index (κ3) is 3.20. The van der Waals surface area contributed by atoms with Gasteiger partial charge in [0.25, 0.3) is 0 Å². The molecular weight excluding hydrogens is 432 g/mol. The van der Waals surface area contributed by atoms with Crippen LogP contribution in [0.3, 0.4) is 0 Å². The van der Waals surface area contributed by atoms with Crippen molar-refractivity contribution in [3.63, 3.8) is 0 Å². The Kier molecular flexibility index (Phi) is 4.75. The molecule has 1 aromatic heterocycles.